The third kappa shape index (κ3) is 2.75. The second-order valence-electron chi connectivity index (χ2n) is 6.41. The van der Waals surface area contributed by atoms with E-state index in [0.717, 1.165) is 27.9 Å². The molecule has 3 rings (SSSR count). The van der Waals surface area contributed by atoms with Crippen molar-refractivity contribution in [1.29, 1.82) is 0 Å². The Kier molecular flexibility index (Phi) is 4.06. The van der Waals surface area contributed by atoms with Crippen molar-refractivity contribution < 1.29 is 4.42 Å². The lowest BCUT2D eigenvalue weighted by atomic mass is 9.99. The number of fused-ring (bicyclic) bond motifs is 1. The molecule has 1 aromatic heterocycles. The van der Waals surface area contributed by atoms with Gasteiger partial charge in [-0.2, -0.15) is 0 Å². The minimum absolute atomic E-state index is 0.298. The van der Waals surface area contributed by atoms with Gasteiger partial charge in [0.15, 0.2) is 0 Å². The van der Waals surface area contributed by atoms with Gasteiger partial charge in [-0.15, -0.1) is 0 Å². The van der Waals surface area contributed by atoms with Gasteiger partial charge in [0, 0.05) is 51.0 Å². The van der Waals surface area contributed by atoms with Gasteiger partial charge in [0.05, 0.1) is 5.56 Å². The van der Waals surface area contributed by atoms with E-state index in [1.54, 1.807) is 0 Å². The topological polar surface area (TPSA) is 36.7 Å². The highest BCUT2D eigenvalue weighted by atomic mass is 16.4. The van der Waals surface area contributed by atoms with Crippen LogP contribution in [0, 0.1) is 6.92 Å². The Morgan fingerprint density at radius 2 is 1.42 bits per heavy atom. The molecule has 24 heavy (non-hydrogen) atoms. The first kappa shape index (κ1) is 16.1. The van der Waals surface area contributed by atoms with Crippen LogP contribution < -0.4 is 15.4 Å². The maximum atomic E-state index is 12.6. The lowest BCUT2D eigenvalue weighted by Crippen LogP contribution is -2.10. The summed E-state index contributed by atoms with van der Waals surface area (Å²) in [4.78, 5) is 16.6. The molecule has 0 fully saturated rings. The molecule has 2 aromatic carbocycles. The molecule has 0 N–H and O–H groups in total. The molecule has 0 spiro atoms. The molecule has 0 aliphatic rings. The van der Waals surface area contributed by atoms with Crippen LogP contribution in [0.15, 0.2) is 51.7 Å². The summed E-state index contributed by atoms with van der Waals surface area (Å²) in [6, 6.07) is 13.9. The van der Waals surface area contributed by atoms with E-state index in [-0.39, 0.29) is 5.63 Å². The molecule has 0 radical (unpaired) electrons. The fourth-order valence-corrected chi connectivity index (χ4v) is 2.88. The van der Waals surface area contributed by atoms with Crippen LogP contribution in [0.1, 0.15) is 5.56 Å². The quantitative estimate of drug-likeness (QED) is 0.685. The van der Waals surface area contributed by atoms with E-state index < -0.39 is 0 Å². The van der Waals surface area contributed by atoms with Crippen LogP contribution in [-0.2, 0) is 0 Å². The molecule has 0 aliphatic heterocycles. The van der Waals surface area contributed by atoms with Gasteiger partial charge in [0.2, 0.25) is 0 Å². The highest BCUT2D eigenvalue weighted by molar-refractivity contribution is 5.88. The van der Waals surface area contributed by atoms with Crippen molar-refractivity contribution in [2.75, 3.05) is 38.0 Å². The summed E-state index contributed by atoms with van der Waals surface area (Å²) in [6.07, 6.45) is 0. The van der Waals surface area contributed by atoms with Gasteiger partial charge in [0.1, 0.15) is 5.58 Å². The Balaban J connectivity index is 2.18. The van der Waals surface area contributed by atoms with Crippen LogP contribution in [0.4, 0.5) is 11.4 Å². The van der Waals surface area contributed by atoms with Crippen LogP contribution >= 0.6 is 0 Å². The number of rotatable bonds is 3. The highest BCUT2D eigenvalue weighted by Crippen LogP contribution is 2.29. The lowest BCUT2D eigenvalue weighted by molar-refractivity contribution is 0.562. The SMILES string of the molecule is Cc1c(-c2ccc(N(C)C)cc2)c(=O)oc2cc(N(C)C)ccc12. The zero-order chi connectivity index (χ0) is 17.4. The summed E-state index contributed by atoms with van der Waals surface area (Å²) in [5.41, 5.74) is 4.89. The average molecular weight is 322 g/mol. The first-order valence-corrected chi connectivity index (χ1v) is 7.91. The predicted octanol–water partition coefficient (Wildman–Crippen LogP) is 3.90. The van der Waals surface area contributed by atoms with Gasteiger partial charge in [-0.3, -0.25) is 0 Å². The van der Waals surface area contributed by atoms with E-state index in [1.807, 2.05) is 87.4 Å². The van der Waals surface area contributed by atoms with Crippen LogP contribution in [0.5, 0.6) is 0 Å². The molecular formula is C20H22N2O2. The molecule has 3 aromatic rings. The molecule has 0 atom stereocenters. The second-order valence-corrected chi connectivity index (χ2v) is 6.41. The van der Waals surface area contributed by atoms with Gasteiger partial charge in [-0.25, -0.2) is 4.79 Å². The van der Waals surface area contributed by atoms with E-state index in [9.17, 15) is 4.79 Å². The van der Waals surface area contributed by atoms with Crippen LogP contribution in [-0.4, -0.2) is 28.2 Å². The number of hydrogen-bond donors (Lipinski definition) is 0. The van der Waals surface area contributed by atoms with Crippen molar-refractivity contribution in [1.82, 2.24) is 0 Å². The molecule has 124 valence electrons. The number of hydrogen-bond acceptors (Lipinski definition) is 4. The van der Waals surface area contributed by atoms with Gasteiger partial charge in [-0.05, 0) is 42.3 Å². The highest BCUT2D eigenvalue weighted by Gasteiger charge is 2.14. The van der Waals surface area contributed by atoms with Crippen molar-refractivity contribution in [3.05, 3.63) is 58.4 Å². The monoisotopic (exact) mass is 322 g/mol. The van der Waals surface area contributed by atoms with Crippen molar-refractivity contribution in [2.24, 2.45) is 0 Å². The van der Waals surface area contributed by atoms with Crippen molar-refractivity contribution in [2.45, 2.75) is 6.92 Å². The summed E-state index contributed by atoms with van der Waals surface area (Å²) in [5.74, 6) is 0. The Hall–Kier alpha value is -2.75. The van der Waals surface area contributed by atoms with Crippen LogP contribution in [0.25, 0.3) is 22.1 Å². The molecule has 4 heteroatoms. The summed E-state index contributed by atoms with van der Waals surface area (Å²) in [7, 11) is 7.92. The van der Waals surface area contributed by atoms with E-state index in [4.69, 9.17) is 4.42 Å². The summed E-state index contributed by atoms with van der Waals surface area (Å²) in [5, 5.41) is 0.965. The van der Waals surface area contributed by atoms with Crippen molar-refractivity contribution >= 4 is 22.3 Å². The standard InChI is InChI=1S/C20H22N2O2/c1-13-17-11-10-16(22(4)5)12-18(17)24-20(23)19(13)14-6-8-15(9-7-14)21(2)3/h6-12H,1-5H3. The molecule has 1 heterocycles. The molecule has 0 amide bonds. The van der Waals surface area contributed by atoms with Crippen molar-refractivity contribution in [3.8, 4) is 11.1 Å². The number of anilines is 2. The predicted molar refractivity (Wildman–Crippen MR) is 101 cm³/mol. The van der Waals surface area contributed by atoms with Crippen LogP contribution in [0.2, 0.25) is 0 Å². The Labute approximate surface area is 141 Å². The van der Waals surface area contributed by atoms with E-state index in [0.29, 0.717) is 11.1 Å². The summed E-state index contributed by atoms with van der Waals surface area (Å²) < 4.78 is 5.60. The average Bonchev–Trinajstić information content (AvgIpc) is 2.54. The molecule has 0 unspecified atom stereocenters. The Morgan fingerprint density at radius 1 is 0.833 bits per heavy atom. The molecule has 0 aliphatic carbocycles. The smallest absolute Gasteiger partial charge is 0.344 e. The fourth-order valence-electron chi connectivity index (χ4n) is 2.88. The summed E-state index contributed by atoms with van der Waals surface area (Å²) in [6.45, 7) is 1.98. The second kappa shape index (κ2) is 6.04. The van der Waals surface area contributed by atoms with E-state index in [1.165, 1.54) is 0 Å². The van der Waals surface area contributed by atoms with E-state index >= 15 is 0 Å². The zero-order valence-corrected chi connectivity index (χ0v) is 14.8. The molecule has 0 saturated heterocycles. The molecular weight excluding hydrogens is 300 g/mol. The van der Waals surface area contributed by atoms with E-state index in [2.05, 4.69) is 0 Å². The number of aryl methyl sites for hydroxylation is 1. The lowest BCUT2D eigenvalue weighted by Gasteiger charge is -2.15. The number of nitrogens with zero attached hydrogens (tertiary/aromatic N) is 2. The maximum absolute atomic E-state index is 12.6. The molecule has 0 saturated carbocycles. The van der Waals surface area contributed by atoms with Gasteiger partial charge >= 0.3 is 5.63 Å². The Morgan fingerprint density at radius 3 is 2.00 bits per heavy atom. The van der Waals surface area contributed by atoms with Gasteiger partial charge in [-0.1, -0.05) is 12.1 Å². The largest absolute Gasteiger partial charge is 0.422 e. The molecule has 0 bridgehead atoms. The van der Waals surface area contributed by atoms with Gasteiger partial charge < -0.3 is 14.2 Å². The minimum atomic E-state index is -0.298. The maximum Gasteiger partial charge on any atom is 0.344 e. The normalized spacial score (nSPS) is 10.9. The van der Waals surface area contributed by atoms with Crippen LogP contribution in [0.3, 0.4) is 0 Å². The first-order chi connectivity index (χ1) is 11.4. The van der Waals surface area contributed by atoms with Gasteiger partial charge in [0.25, 0.3) is 0 Å². The third-order valence-electron chi connectivity index (χ3n) is 4.34. The first-order valence-electron chi connectivity index (χ1n) is 7.91. The Bertz CT molecular complexity index is 938. The molecule has 4 nitrogen and oxygen atoms in total. The van der Waals surface area contributed by atoms with Crippen molar-refractivity contribution in [3.63, 3.8) is 0 Å². The minimum Gasteiger partial charge on any atom is -0.422 e. The fraction of sp³-hybridized carbons (Fsp3) is 0.250. The zero-order valence-electron chi connectivity index (χ0n) is 14.8. The number of benzene rings is 2. The summed E-state index contributed by atoms with van der Waals surface area (Å²) >= 11 is 0. The third-order valence-corrected chi connectivity index (χ3v) is 4.34.